The van der Waals surface area contributed by atoms with Crippen molar-refractivity contribution in [3.8, 4) is 6.01 Å². The fourth-order valence-electron chi connectivity index (χ4n) is 4.23. The summed E-state index contributed by atoms with van der Waals surface area (Å²) < 4.78 is 33.6. The number of methoxy groups -OCH3 is 1. The van der Waals surface area contributed by atoms with Crippen LogP contribution in [-0.2, 0) is 24.4 Å². The van der Waals surface area contributed by atoms with Crippen molar-refractivity contribution in [3.05, 3.63) is 59.3 Å². The maximum absolute atomic E-state index is 14.1. The average Bonchev–Trinajstić information content (AvgIpc) is 3.17. The highest BCUT2D eigenvalue weighted by Crippen LogP contribution is 2.34. The number of rotatable bonds is 5. The van der Waals surface area contributed by atoms with Crippen LogP contribution < -0.4 is 9.64 Å². The number of hydrogen-bond donors (Lipinski definition) is 0. The van der Waals surface area contributed by atoms with Gasteiger partial charge in [0.2, 0.25) is 5.91 Å². The number of ether oxygens (including phenoxy) is 1. The summed E-state index contributed by atoms with van der Waals surface area (Å²) in [6.45, 7) is 8.36. The summed E-state index contributed by atoms with van der Waals surface area (Å²) in [5.41, 5.74) is 1.75. The van der Waals surface area contributed by atoms with Crippen LogP contribution in [-0.4, -0.2) is 58.5 Å². The first kappa shape index (κ1) is 21.2. The summed E-state index contributed by atoms with van der Waals surface area (Å²) in [6.07, 6.45) is 1.33. The van der Waals surface area contributed by atoms with Gasteiger partial charge in [-0.25, -0.2) is 8.78 Å². The number of halogens is 2. The second-order valence-corrected chi connectivity index (χ2v) is 7.84. The van der Waals surface area contributed by atoms with Gasteiger partial charge >= 0.3 is 6.01 Å². The highest BCUT2D eigenvalue weighted by atomic mass is 19.1. The number of benzene rings is 1. The van der Waals surface area contributed by atoms with Crippen LogP contribution in [0, 0.1) is 11.6 Å². The lowest BCUT2D eigenvalue weighted by Crippen LogP contribution is -2.54. The molecule has 1 atom stereocenters. The summed E-state index contributed by atoms with van der Waals surface area (Å²) in [6, 6.07) is 4.17. The molecule has 1 fully saturated rings. The topological polar surface area (TPSA) is 61.8 Å². The Morgan fingerprint density at radius 2 is 2.00 bits per heavy atom. The molecule has 0 N–H and O–H groups in total. The largest absolute Gasteiger partial charge is 0.467 e. The van der Waals surface area contributed by atoms with Crippen molar-refractivity contribution in [1.82, 2.24) is 19.8 Å². The minimum atomic E-state index is -0.559. The van der Waals surface area contributed by atoms with E-state index in [1.54, 1.807) is 4.90 Å². The van der Waals surface area contributed by atoms with Gasteiger partial charge in [-0.15, -0.1) is 0 Å². The minimum Gasteiger partial charge on any atom is -0.467 e. The molecule has 31 heavy (non-hydrogen) atoms. The van der Waals surface area contributed by atoms with Crippen molar-refractivity contribution in [1.29, 1.82) is 0 Å². The molecule has 1 saturated heterocycles. The highest BCUT2D eigenvalue weighted by molar-refractivity contribution is 5.87. The van der Waals surface area contributed by atoms with Crippen LogP contribution in [0.3, 0.4) is 0 Å². The lowest BCUT2D eigenvalue weighted by atomic mass is 10.1. The zero-order valence-electron chi connectivity index (χ0n) is 17.6. The van der Waals surface area contributed by atoms with E-state index in [9.17, 15) is 13.6 Å². The molecule has 2 aliphatic heterocycles. The Labute approximate surface area is 179 Å². The van der Waals surface area contributed by atoms with E-state index in [1.165, 1.54) is 31.4 Å². The van der Waals surface area contributed by atoms with Gasteiger partial charge < -0.3 is 14.5 Å². The first-order valence-corrected chi connectivity index (χ1v) is 10.2. The van der Waals surface area contributed by atoms with Gasteiger partial charge in [-0.2, -0.15) is 9.97 Å². The molecule has 4 rings (SSSR count). The maximum Gasteiger partial charge on any atom is 0.318 e. The van der Waals surface area contributed by atoms with Gasteiger partial charge in [0.1, 0.15) is 17.5 Å². The van der Waals surface area contributed by atoms with Crippen LogP contribution in [0.4, 0.5) is 14.6 Å². The van der Waals surface area contributed by atoms with Crippen molar-refractivity contribution in [2.45, 2.75) is 32.6 Å². The maximum atomic E-state index is 14.1. The van der Waals surface area contributed by atoms with Gasteiger partial charge in [-0.1, -0.05) is 12.6 Å². The van der Waals surface area contributed by atoms with Crippen LogP contribution in [0.1, 0.15) is 23.7 Å². The number of anilines is 1. The molecule has 1 amide bonds. The molecule has 0 bridgehead atoms. The molecule has 9 heteroatoms. The highest BCUT2D eigenvalue weighted by Gasteiger charge is 2.33. The molecule has 0 saturated carbocycles. The molecular formula is C22H25F2N5O2. The standard InChI is InChI=1S/C22H25F2N5O2/c1-4-20(30)28-8-9-29(14(2)10-28)21-16-12-27(13-19(16)25-22(26-21)31-3)11-15-17(23)6-5-7-18(15)24/h4-7,14H,1,8-13H2,2-3H3. The second-order valence-electron chi connectivity index (χ2n) is 7.84. The summed E-state index contributed by atoms with van der Waals surface area (Å²) >= 11 is 0. The van der Waals surface area contributed by atoms with Gasteiger partial charge in [-0.3, -0.25) is 9.69 Å². The second kappa shape index (κ2) is 8.58. The lowest BCUT2D eigenvalue weighted by Gasteiger charge is -2.40. The Bertz CT molecular complexity index is 995. The van der Waals surface area contributed by atoms with E-state index in [4.69, 9.17) is 4.74 Å². The number of nitrogens with zero attached hydrogens (tertiary/aromatic N) is 5. The number of amides is 1. The first-order valence-electron chi connectivity index (χ1n) is 10.2. The van der Waals surface area contributed by atoms with Crippen molar-refractivity contribution in [2.24, 2.45) is 0 Å². The Kier molecular flexibility index (Phi) is 5.86. The molecular weight excluding hydrogens is 404 g/mol. The number of fused-ring (bicyclic) bond motifs is 1. The molecule has 2 aliphatic rings. The third-order valence-electron chi connectivity index (χ3n) is 5.82. The van der Waals surface area contributed by atoms with E-state index in [1.807, 2.05) is 11.8 Å². The zero-order chi connectivity index (χ0) is 22.1. The smallest absolute Gasteiger partial charge is 0.318 e. The summed E-state index contributed by atoms with van der Waals surface area (Å²) in [7, 11) is 1.51. The van der Waals surface area contributed by atoms with Crippen molar-refractivity contribution in [3.63, 3.8) is 0 Å². The number of piperazine rings is 1. The molecule has 0 spiro atoms. The molecule has 0 aliphatic carbocycles. The third kappa shape index (κ3) is 4.10. The van der Waals surface area contributed by atoms with E-state index in [2.05, 4.69) is 21.4 Å². The van der Waals surface area contributed by atoms with Gasteiger partial charge in [0.15, 0.2) is 0 Å². The Balaban J connectivity index is 1.59. The van der Waals surface area contributed by atoms with Crippen molar-refractivity contribution in [2.75, 3.05) is 31.6 Å². The molecule has 1 aromatic heterocycles. The Morgan fingerprint density at radius 1 is 1.26 bits per heavy atom. The molecule has 164 valence electrons. The lowest BCUT2D eigenvalue weighted by molar-refractivity contribution is -0.126. The first-order chi connectivity index (χ1) is 14.9. The van der Waals surface area contributed by atoms with E-state index in [-0.39, 0.29) is 30.1 Å². The predicted molar refractivity (Wildman–Crippen MR) is 111 cm³/mol. The molecule has 3 heterocycles. The van der Waals surface area contributed by atoms with Crippen molar-refractivity contribution < 1.29 is 18.3 Å². The summed E-state index contributed by atoms with van der Waals surface area (Å²) in [5.74, 6) is -0.459. The zero-order valence-corrected chi connectivity index (χ0v) is 17.6. The molecule has 7 nitrogen and oxygen atoms in total. The SMILES string of the molecule is C=CC(=O)N1CCN(c2nc(OC)nc3c2CN(Cc2c(F)cccc2F)C3)C(C)C1. The molecule has 1 aromatic carbocycles. The van der Waals surface area contributed by atoms with Gasteiger partial charge in [0, 0.05) is 56.4 Å². The van der Waals surface area contributed by atoms with Crippen LogP contribution in [0.2, 0.25) is 0 Å². The van der Waals surface area contributed by atoms with E-state index < -0.39 is 11.6 Å². The molecule has 1 unspecified atom stereocenters. The van der Waals surface area contributed by atoms with Gasteiger partial charge in [0.05, 0.1) is 12.8 Å². The predicted octanol–water partition coefficient (Wildman–Crippen LogP) is 2.50. The van der Waals surface area contributed by atoms with E-state index in [0.29, 0.717) is 32.7 Å². The van der Waals surface area contributed by atoms with Gasteiger partial charge in [-0.05, 0) is 25.1 Å². The normalized spacial score (nSPS) is 18.8. The summed E-state index contributed by atoms with van der Waals surface area (Å²) in [5, 5.41) is 0. The van der Waals surface area contributed by atoms with E-state index >= 15 is 0 Å². The number of carbonyl (C=O) groups excluding carboxylic acids is 1. The number of hydrogen-bond acceptors (Lipinski definition) is 6. The Morgan fingerprint density at radius 3 is 2.65 bits per heavy atom. The van der Waals surface area contributed by atoms with Crippen molar-refractivity contribution >= 4 is 11.7 Å². The van der Waals surface area contributed by atoms with Crippen LogP contribution in [0.5, 0.6) is 6.01 Å². The number of carbonyl (C=O) groups is 1. The third-order valence-corrected chi connectivity index (χ3v) is 5.82. The monoisotopic (exact) mass is 429 g/mol. The molecule has 0 radical (unpaired) electrons. The number of aromatic nitrogens is 2. The van der Waals surface area contributed by atoms with Crippen LogP contribution in [0.25, 0.3) is 0 Å². The minimum absolute atomic E-state index is 0.0272. The fourth-order valence-corrected chi connectivity index (χ4v) is 4.23. The molecule has 2 aromatic rings. The quantitative estimate of drug-likeness (QED) is 0.681. The van der Waals surface area contributed by atoms with Crippen LogP contribution in [0.15, 0.2) is 30.9 Å². The fraction of sp³-hybridized carbons (Fsp3) is 0.409. The van der Waals surface area contributed by atoms with Crippen LogP contribution >= 0.6 is 0 Å². The summed E-state index contributed by atoms with van der Waals surface area (Å²) in [4.78, 5) is 26.9. The Hall–Kier alpha value is -3.07. The average molecular weight is 429 g/mol. The van der Waals surface area contributed by atoms with E-state index in [0.717, 1.165) is 17.1 Å². The van der Waals surface area contributed by atoms with Gasteiger partial charge in [0.25, 0.3) is 0 Å².